The van der Waals surface area contributed by atoms with Crippen molar-refractivity contribution in [3.63, 3.8) is 0 Å². The van der Waals surface area contributed by atoms with Crippen LogP contribution in [0.2, 0.25) is 0 Å². The normalized spacial score (nSPS) is 19.2. The van der Waals surface area contributed by atoms with Crippen molar-refractivity contribution in [3.05, 3.63) is 16.6 Å². The lowest BCUT2D eigenvalue weighted by atomic mass is 10.3. The highest BCUT2D eigenvalue weighted by molar-refractivity contribution is 9.10. The van der Waals surface area contributed by atoms with E-state index in [2.05, 4.69) is 20.7 Å². The van der Waals surface area contributed by atoms with Gasteiger partial charge >= 0.3 is 0 Å². The topological polar surface area (TPSA) is 64.6 Å². The molecule has 0 saturated heterocycles. The van der Waals surface area contributed by atoms with Gasteiger partial charge in [-0.2, -0.15) is 0 Å². The molecule has 20 heavy (non-hydrogen) atoms. The van der Waals surface area contributed by atoms with Crippen LogP contribution in [0.25, 0.3) is 0 Å². The van der Waals surface area contributed by atoms with E-state index in [0.717, 1.165) is 25.7 Å². The predicted molar refractivity (Wildman–Crippen MR) is 77.7 cm³/mol. The van der Waals surface area contributed by atoms with Crippen LogP contribution in [0.1, 0.15) is 25.7 Å². The van der Waals surface area contributed by atoms with E-state index in [9.17, 15) is 8.42 Å². The van der Waals surface area contributed by atoms with Crippen molar-refractivity contribution in [1.29, 1.82) is 0 Å². The number of rotatable bonds is 3. The molecule has 0 amide bonds. The van der Waals surface area contributed by atoms with Crippen LogP contribution >= 0.6 is 15.9 Å². The lowest BCUT2D eigenvalue weighted by molar-refractivity contribution is 0.171. The number of nitrogens with one attached hydrogen (secondary N) is 1. The van der Waals surface area contributed by atoms with Crippen molar-refractivity contribution in [2.24, 2.45) is 0 Å². The lowest BCUT2D eigenvalue weighted by Crippen LogP contribution is -2.33. The van der Waals surface area contributed by atoms with Crippen LogP contribution in [-0.4, -0.2) is 27.7 Å². The first-order chi connectivity index (χ1) is 9.56. The van der Waals surface area contributed by atoms with Crippen LogP contribution in [-0.2, 0) is 10.0 Å². The largest absolute Gasteiger partial charge is 0.486 e. The average molecular weight is 362 g/mol. The summed E-state index contributed by atoms with van der Waals surface area (Å²) < 4.78 is 39.1. The Bertz CT molecular complexity index is 611. The Morgan fingerprint density at radius 1 is 1.10 bits per heavy atom. The fourth-order valence-corrected chi connectivity index (χ4v) is 4.92. The Hall–Kier alpha value is -0.790. The summed E-state index contributed by atoms with van der Waals surface area (Å²) in [6, 6.07) is 3.22. The zero-order chi connectivity index (χ0) is 14.2. The molecule has 3 rings (SSSR count). The van der Waals surface area contributed by atoms with E-state index in [-0.39, 0.29) is 10.9 Å². The summed E-state index contributed by atoms with van der Waals surface area (Å²) in [4.78, 5) is 0.202. The van der Waals surface area contributed by atoms with E-state index in [1.165, 1.54) is 6.07 Å². The summed E-state index contributed by atoms with van der Waals surface area (Å²) in [6.45, 7) is 0.913. The number of hydrogen-bond donors (Lipinski definition) is 1. The van der Waals surface area contributed by atoms with Gasteiger partial charge in [-0.25, -0.2) is 13.1 Å². The molecule has 0 atom stereocenters. The molecular formula is C13H16BrNO4S. The fraction of sp³-hybridized carbons (Fsp3) is 0.538. The maximum absolute atomic E-state index is 12.5. The van der Waals surface area contributed by atoms with E-state index < -0.39 is 10.0 Å². The third kappa shape index (κ3) is 2.80. The first-order valence-corrected chi connectivity index (χ1v) is 8.95. The highest BCUT2D eigenvalue weighted by Gasteiger charge is 2.27. The van der Waals surface area contributed by atoms with Gasteiger partial charge in [-0.1, -0.05) is 12.8 Å². The van der Waals surface area contributed by atoms with Gasteiger partial charge in [-0.3, -0.25) is 0 Å². The Morgan fingerprint density at radius 2 is 1.70 bits per heavy atom. The monoisotopic (exact) mass is 361 g/mol. The molecule has 110 valence electrons. The molecule has 5 nitrogen and oxygen atoms in total. The SMILES string of the molecule is O=S(=O)(NC1CCCC1)c1cc2c(cc1Br)OCCO2. The molecule has 0 radical (unpaired) electrons. The fourth-order valence-electron chi connectivity index (χ4n) is 2.58. The molecule has 2 aliphatic rings. The zero-order valence-corrected chi connectivity index (χ0v) is 13.3. The van der Waals surface area contributed by atoms with E-state index in [1.54, 1.807) is 6.07 Å². The molecule has 1 aliphatic carbocycles. The summed E-state index contributed by atoms with van der Waals surface area (Å²) in [5.41, 5.74) is 0. The summed E-state index contributed by atoms with van der Waals surface area (Å²) in [5, 5.41) is 0. The second-order valence-corrected chi connectivity index (χ2v) is 7.57. The summed E-state index contributed by atoms with van der Waals surface area (Å²) in [6.07, 6.45) is 3.97. The van der Waals surface area contributed by atoms with E-state index in [4.69, 9.17) is 9.47 Å². The number of hydrogen-bond acceptors (Lipinski definition) is 4. The van der Waals surface area contributed by atoms with Crippen LogP contribution in [0, 0.1) is 0 Å². The smallest absolute Gasteiger partial charge is 0.242 e. The minimum absolute atomic E-state index is 0.0418. The van der Waals surface area contributed by atoms with Crippen LogP contribution in [0.4, 0.5) is 0 Å². The van der Waals surface area contributed by atoms with Gasteiger partial charge in [0.2, 0.25) is 10.0 Å². The molecule has 1 fully saturated rings. The maximum atomic E-state index is 12.5. The summed E-state index contributed by atoms with van der Waals surface area (Å²) in [5.74, 6) is 1.05. The molecule has 0 bridgehead atoms. The van der Waals surface area contributed by atoms with Crippen molar-refractivity contribution >= 4 is 26.0 Å². The number of sulfonamides is 1. The second-order valence-electron chi connectivity index (χ2n) is 5.03. The van der Waals surface area contributed by atoms with E-state index >= 15 is 0 Å². The Morgan fingerprint density at radius 3 is 2.35 bits per heavy atom. The molecule has 1 aliphatic heterocycles. The average Bonchev–Trinajstić information content (AvgIpc) is 2.90. The first-order valence-electron chi connectivity index (χ1n) is 6.68. The first kappa shape index (κ1) is 14.2. The minimum atomic E-state index is -3.54. The molecular weight excluding hydrogens is 346 g/mol. The lowest BCUT2D eigenvalue weighted by Gasteiger charge is -2.20. The standard InChI is InChI=1S/C13H16BrNO4S/c14-10-7-11-12(19-6-5-18-11)8-13(10)20(16,17)15-9-3-1-2-4-9/h7-9,15H,1-6H2. The molecule has 0 aromatic heterocycles. The van der Waals surface area contributed by atoms with Crippen LogP contribution < -0.4 is 14.2 Å². The van der Waals surface area contributed by atoms with Gasteiger partial charge in [-0.15, -0.1) is 0 Å². The van der Waals surface area contributed by atoms with Crippen molar-refractivity contribution in [1.82, 2.24) is 4.72 Å². The zero-order valence-electron chi connectivity index (χ0n) is 10.9. The third-order valence-electron chi connectivity index (χ3n) is 3.56. The van der Waals surface area contributed by atoms with E-state index in [0.29, 0.717) is 29.2 Å². The maximum Gasteiger partial charge on any atom is 0.242 e. The quantitative estimate of drug-likeness (QED) is 0.897. The molecule has 1 N–H and O–H groups in total. The highest BCUT2D eigenvalue weighted by Crippen LogP contribution is 2.37. The van der Waals surface area contributed by atoms with Crippen LogP contribution in [0.5, 0.6) is 11.5 Å². The van der Waals surface area contributed by atoms with Gasteiger partial charge in [0, 0.05) is 16.6 Å². The molecule has 1 aromatic carbocycles. The molecule has 1 saturated carbocycles. The van der Waals surface area contributed by atoms with Gasteiger partial charge < -0.3 is 9.47 Å². The number of ether oxygens (including phenoxy) is 2. The molecule has 1 heterocycles. The van der Waals surface area contributed by atoms with Gasteiger partial charge in [0.25, 0.3) is 0 Å². The van der Waals surface area contributed by atoms with Gasteiger partial charge in [-0.05, 0) is 34.8 Å². The molecule has 0 spiro atoms. The Balaban J connectivity index is 1.92. The predicted octanol–water partition coefficient (Wildman–Crippen LogP) is 2.44. The van der Waals surface area contributed by atoms with Gasteiger partial charge in [0.15, 0.2) is 11.5 Å². The van der Waals surface area contributed by atoms with Crippen LogP contribution in [0.3, 0.4) is 0 Å². The third-order valence-corrected chi connectivity index (χ3v) is 6.04. The summed E-state index contributed by atoms with van der Waals surface area (Å²) >= 11 is 3.31. The summed E-state index contributed by atoms with van der Waals surface area (Å²) in [7, 11) is -3.54. The number of fused-ring (bicyclic) bond motifs is 1. The Labute approximate surface area is 126 Å². The van der Waals surface area contributed by atoms with Crippen molar-refractivity contribution < 1.29 is 17.9 Å². The second kappa shape index (κ2) is 5.54. The highest BCUT2D eigenvalue weighted by atomic mass is 79.9. The van der Waals surface area contributed by atoms with Crippen molar-refractivity contribution in [2.45, 2.75) is 36.6 Å². The minimum Gasteiger partial charge on any atom is -0.486 e. The number of benzene rings is 1. The van der Waals surface area contributed by atoms with Crippen LogP contribution in [0.15, 0.2) is 21.5 Å². The van der Waals surface area contributed by atoms with E-state index in [1.807, 2.05) is 0 Å². The molecule has 1 aromatic rings. The van der Waals surface area contributed by atoms with Gasteiger partial charge in [0.1, 0.15) is 18.1 Å². The Kier molecular flexibility index (Phi) is 3.92. The molecule has 0 unspecified atom stereocenters. The molecule has 7 heteroatoms. The number of halogens is 1. The van der Waals surface area contributed by atoms with Crippen molar-refractivity contribution in [2.75, 3.05) is 13.2 Å². The van der Waals surface area contributed by atoms with Gasteiger partial charge in [0.05, 0.1) is 0 Å². The van der Waals surface area contributed by atoms with Crippen molar-refractivity contribution in [3.8, 4) is 11.5 Å².